The van der Waals surface area contributed by atoms with Crippen molar-refractivity contribution in [3.63, 3.8) is 0 Å². The SMILES string of the molecule is CC(NS(=O)(=O)C(C)C)C(C)C(=O)O. The summed E-state index contributed by atoms with van der Waals surface area (Å²) in [6.45, 7) is 6.09. The standard InChI is InChI=1S/C8H17NO4S/c1-5(2)14(12,13)9-7(4)6(3)8(10)11/h5-7,9H,1-4H3,(H,10,11). The number of carbonyl (C=O) groups is 1. The molecule has 0 aromatic carbocycles. The van der Waals surface area contributed by atoms with Gasteiger partial charge in [-0.2, -0.15) is 0 Å². The van der Waals surface area contributed by atoms with Crippen LogP contribution in [0.5, 0.6) is 0 Å². The molecular formula is C8H17NO4S. The van der Waals surface area contributed by atoms with Gasteiger partial charge in [-0.15, -0.1) is 0 Å². The monoisotopic (exact) mass is 223 g/mol. The lowest BCUT2D eigenvalue weighted by Gasteiger charge is -2.19. The first-order valence-electron chi connectivity index (χ1n) is 4.42. The van der Waals surface area contributed by atoms with E-state index in [1.165, 1.54) is 6.92 Å². The first-order valence-corrected chi connectivity index (χ1v) is 5.97. The van der Waals surface area contributed by atoms with Crippen molar-refractivity contribution in [1.82, 2.24) is 4.72 Å². The fourth-order valence-corrected chi connectivity index (χ4v) is 1.71. The van der Waals surface area contributed by atoms with Crippen molar-refractivity contribution in [3.05, 3.63) is 0 Å². The molecule has 0 amide bonds. The van der Waals surface area contributed by atoms with Crippen LogP contribution in [0.2, 0.25) is 0 Å². The lowest BCUT2D eigenvalue weighted by atomic mass is 10.1. The first-order chi connectivity index (χ1) is 6.18. The number of rotatable bonds is 5. The van der Waals surface area contributed by atoms with Crippen LogP contribution in [0.3, 0.4) is 0 Å². The van der Waals surface area contributed by atoms with Crippen molar-refractivity contribution in [2.24, 2.45) is 5.92 Å². The van der Waals surface area contributed by atoms with Gasteiger partial charge < -0.3 is 5.11 Å². The van der Waals surface area contributed by atoms with Crippen LogP contribution >= 0.6 is 0 Å². The summed E-state index contributed by atoms with van der Waals surface area (Å²) in [5.41, 5.74) is 0. The largest absolute Gasteiger partial charge is 0.481 e. The molecule has 2 unspecified atom stereocenters. The van der Waals surface area contributed by atoms with Crippen molar-refractivity contribution >= 4 is 16.0 Å². The van der Waals surface area contributed by atoms with Gasteiger partial charge in [0.25, 0.3) is 0 Å². The highest BCUT2D eigenvalue weighted by Crippen LogP contribution is 2.06. The maximum absolute atomic E-state index is 11.4. The Morgan fingerprint density at radius 1 is 1.21 bits per heavy atom. The third-order valence-electron chi connectivity index (χ3n) is 2.11. The molecule has 0 rings (SSSR count). The lowest BCUT2D eigenvalue weighted by Crippen LogP contribution is -2.42. The van der Waals surface area contributed by atoms with E-state index in [2.05, 4.69) is 4.72 Å². The van der Waals surface area contributed by atoms with E-state index < -0.39 is 33.2 Å². The molecule has 0 aliphatic carbocycles. The number of nitrogens with one attached hydrogen (secondary N) is 1. The minimum absolute atomic E-state index is 0.550. The number of hydrogen-bond donors (Lipinski definition) is 2. The highest BCUT2D eigenvalue weighted by Gasteiger charge is 2.25. The molecule has 5 nitrogen and oxygen atoms in total. The average molecular weight is 223 g/mol. The van der Waals surface area contributed by atoms with Crippen LogP contribution in [0.25, 0.3) is 0 Å². The first kappa shape index (κ1) is 13.4. The van der Waals surface area contributed by atoms with Crippen LogP contribution in [-0.4, -0.2) is 30.8 Å². The van der Waals surface area contributed by atoms with E-state index >= 15 is 0 Å². The molecule has 0 aromatic rings. The summed E-state index contributed by atoms with van der Waals surface area (Å²) in [5, 5.41) is 8.10. The molecule has 0 saturated heterocycles. The smallest absolute Gasteiger partial charge is 0.307 e. The normalized spacial score (nSPS) is 16.6. The van der Waals surface area contributed by atoms with Gasteiger partial charge in [0.1, 0.15) is 0 Å². The number of carboxylic acids is 1. The summed E-state index contributed by atoms with van der Waals surface area (Å²) >= 11 is 0. The zero-order valence-electron chi connectivity index (χ0n) is 8.81. The minimum atomic E-state index is -3.39. The quantitative estimate of drug-likeness (QED) is 0.707. The summed E-state index contributed by atoms with van der Waals surface area (Å²) in [7, 11) is -3.39. The predicted molar refractivity (Wildman–Crippen MR) is 53.5 cm³/mol. The Morgan fingerprint density at radius 2 is 1.64 bits per heavy atom. The van der Waals surface area contributed by atoms with E-state index in [9.17, 15) is 13.2 Å². The number of aliphatic carboxylic acids is 1. The zero-order chi connectivity index (χ0) is 11.5. The molecule has 0 spiro atoms. The van der Waals surface area contributed by atoms with Gasteiger partial charge in [0.15, 0.2) is 0 Å². The summed E-state index contributed by atoms with van der Waals surface area (Å²) in [6, 6.07) is -0.597. The molecule has 6 heteroatoms. The fourth-order valence-electron chi connectivity index (χ4n) is 0.711. The predicted octanol–water partition coefficient (Wildman–Crippen LogP) is 0.423. The molecule has 2 atom stereocenters. The van der Waals surface area contributed by atoms with Crippen LogP contribution in [0, 0.1) is 5.92 Å². The van der Waals surface area contributed by atoms with E-state index in [0.29, 0.717) is 0 Å². The average Bonchev–Trinajstić information content (AvgIpc) is 2.01. The maximum Gasteiger partial charge on any atom is 0.307 e. The minimum Gasteiger partial charge on any atom is -0.481 e. The van der Waals surface area contributed by atoms with Gasteiger partial charge in [-0.05, 0) is 20.8 Å². The Balaban J connectivity index is 4.48. The number of sulfonamides is 1. The summed E-state index contributed by atoms with van der Waals surface area (Å²) in [6.07, 6.45) is 0. The third-order valence-corrected chi connectivity index (χ3v) is 4.05. The highest BCUT2D eigenvalue weighted by molar-refractivity contribution is 7.90. The van der Waals surface area contributed by atoms with Gasteiger partial charge in [-0.1, -0.05) is 6.92 Å². The highest BCUT2D eigenvalue weighted by atomic mass is 32.2. The fraction of sp³-hybridized carbons (Fsp3) is 0.875. The molecule has 0 heterocycles. The van der Waals surface area contributed by atoms with Crippen molar-refractivity contribution in [3.8, 4) is 0 Å². The Kier molecular flexibility index (Phi) is 4.54. The third kappa shape index (κ3) is 3.63. The molecule has 14 heavy (non-hydrogen) atoms. The molecule has 0 fully saturated rings. The number of carboxylic acid groups (broad SMARTS) is 1. The van der Waals surface area contributed by atoms with Crippen LogP contribution in [0.15, 0.2) is 0 Å². The van der Waals surface area contributed by atoms with Crippen LogP contribution < -0.4 is 4.72 Å². The van der Waals surface area contributed by atoms with Crippen LogP contribution in [-0.2, 0) is 14.8 Å². The molecule has 84 valence electrons. The van der Waals surface area contributed by atoms with Gasteiger partial charge in [0.05, 0.1) is 11.2 Å². The van der Waals surface area contributed by atoms with Gasteiger partial charge >= 0.3 is 5.97 Å². The molecule has 0 aliphatic rings. The van der Waals surface area contributed by atoms with E-state index in [4.69, 9.17) is 5.11 Å². The van der Waals surface area contributed by atoms with E-state index in [0.717, 1.165) is 0 Å². The van der Waals surface area contributed by atoms with Crippen LogP contribution in [0.4, 0.5) is 0 Å². The Bertz CT molecular complexity index is 296. The van der Waals surface area contributed by atoms with Crippen molar-refractivity contribution < 1.29 is 18.3 Å². The van der Waals surface area contributed by atoms with Crippen molar-refractivity contribution in [1.29, 1.82) is 0 Å². The summed E-state index contributed by atoms with van der Waals surface area (Å²) < 4.78 is 25.1. The molecular weight excluding hydrogens is 206 g/mol. The Labute approximate surface area is 84.6 Å². The number of hydrogen-bond acceptors (Lipinski definition) is 3. The molecule has 0 aromatic heterocycles. The van der Waals surface area contributed by atoms with E-state index in [1.807, 2.05) is 0 Å². The molecule has 0 aliphatic heterocycles. The van der Waals surface area contributed by atoms with Gasteiger partial charge in [-0.3, -0.25) is 4.79 Å². The van der Waals surface area contributed by atoms with Crippen molar-refractivity contribution in [2.45, 2.75) is 39.0 Å². The van der Waals surface area contributed by atoms with Gasteiger partial charge in [-0.25, -0.2) is 13.1 Å². The van der Waals surface area contributed by atoms with Gasteiger partial charge in [0.2, 0.25) is 10.0 Å². The lowest BCUT2D eigenvalue weighted by molar-refractivity contribution is -0.141. The summed E-state index contributed by atoms with van der Waals surface area (Å²) in [4.78, 5) is 10.6. The molecule has 0 bridgehead atoms. The van der Waals surface area contributed by atoms with Crippen molar-refractivity contribution in [2.75, 3.05) is 0 Å². The zero-order valence-corrected chi connectivity index (χ0v) is 9.63. The second kappa shape index (κ2) is 4.75. The second-order valence-corrected chi connectivity index (χ2v) is 5.90. The van der Waals surface area contributed by atoms with E-state index in [1.54, 1.807) is 20.8 Å². The summed E-state index contributed by atoms with van der Waals surface area (Å²) in [5.74, 6) is -1.74. The Morgan fingerprint density at radius 3 is 1.93 bits per heavy atom. The molecule has 0 radical (unpaired) electrons. The van der Waals surface area contributed by atoms with Gasteiger partial charge in [0, 0.05) is 6.04 Å². The molecule has 0 saturated carbocycles. The Hall–Kier alpha value is -0.620. The maximum atomic E-state index is 11.4. The second-order valence-electron chi connectivity index (χ2n) is 3.63. The molecule has 2 N–H and O–H groups in total. The van der Waals surface area contributed by atoms with Crippen LogP contribution in [0.1, 0.15) is 27.7 Å². The topological polar surface area (TPSA) is 83.5 Å². The van der Waals surface area contributed by atoms with E-state index in [-0.39, 0.29) is 0 Å².